The third kappa shape index (κ3) is 2.82. The monoisotopic (exact) mass is 293 g/mol. The SMILES string of the molecule is CC(C(=O)[O-])N1C(=O)C(=Cc2ccccn2)SC1=S. The molecule has 1 amide bonds. The highest BCUT2D eigenvalue weighted by Crippen LogP contribution is 2.33. The number of carbonyl (C=O) groups excluding carboxylic acids is 2. The number of pyridine rings is 1. The van der Waals surface area contributed by atoms with Crippen LogP contribution in [0.1, 0.15) is 12.6 Å². The van der Waals surface area contributed by atoms with Crippen LogP contribution in [0.2, 0.25) is 0 Å². The molecule has 1 aromatic rings. The molecule has 0 aromatic carbocycles. The summed E-state index contributed by atoms with van der Waals surface area (Å²) in [5, 5.41) is 10.8. The maximum atomic E-state index is 12.1. The normalized spacial score (nSPS) is 19.0. The van der Waals surface area contributed by atoms with E-state index in [0.717, 1.165) is 16.7 Å². The lowest BCUT2D eigenvalue weighted by Crippen LogP contribution is -2.48. The van der Waals surface area contributed by atoms with Gasteiger partial charge in [-0.3, -0.25) is 14.7 Å². The summed E-state index contributed by atoms with van der Waals surface area (Å²) >= 11 is 6.08. The zero-order valence-corrected chi connectivity index (χ0v) is 11.5. The topological polar surface area (TPSA) is 73.3 Å². The summed E-state index contributed by atoms with van der Waals surface area (Å²) in [6, 6.07) is 4.22. The molecule has 0 aliphatic carbocycles. The molecule has 1 aromatic heterocycles. The largest absolute Gasteiger partial charge is 0.548 e. The second-order valence-corrected chi connectivity index (χ2v) is 5.48. The van der Waals surface area contributed by atoms with Gasteiger partial charge < -0.3 is 9.90 Å². The highest BCUT2D eigenvalue weighted by atomic mass is 32.2. The van der Waals surface area contributed by atoms with Crippen LogP contribution < -0.4 is 5.11 Å². The van der Waals surface area contributed by atoms with E-state index in [1.54, 1.807) is 30.5 Å². The van der Waals surface area contributed by atoms with E-state index in [4.69, 9.17) is 12.2 Å². The quantitative estimate of drug-likeness (QED) is 0.594. The summed E-state index contributed by atoms with van der Waals surface area (Å²) in [5.74, 6) is -1.77. The number of thioether (sulfide) groups is 1. The van der Waals surface area contributed by atoms with E-state index in [2.05, 4.69) is 4.98 Å². The van der Waals surface area contributed by atoms with Crippen molar-refractivity contribution in [3.05, 3.63) is 35.0 Å². The predicted octanol–water partition coefficient (Wildman–Crippen LogP) is 0.421. The third-order valence-electron chi connectivity index (χ3n) is 2.52. The summed E-state index contributed by atoms with van der Waals surface area (Å²) < 4.78 is 0.212. The fraction of sp³-hybridized carbons (Fsp3) is 0.167. The van der Waals surface area contributed by atoms with Crippen LogP contribution >= 0.6 is 24.0 Å². The van der Waals surface area contributed by atoms with Crippen molar-refractivity contribution in [1.29, 1.82) is 0 Å². The van der Waals surface area contributed by atoms with Gasteiger partial charge in [-0.05, 0) is 25.1 Å². The Hall–Kier alpha value is -1.73. The fourth-order valence-corrected chi connectivity index (χ4v) is 2.92. The van der Waals surface area contributed by atoms with Crippen LogP contribution in [0.3, 0.4) is 0 Å². The van der Waals surface area contributed by atoms with E-state index in [1.807, 2.05) is 0 Å². The number of hydrogen-bond donors (Lipinski definition) is 0. The Kier molecular flexibility index (Phi) is 3.96. The molecule has 5 nitrogen and oxygen atoms in total. The number of carboxylic acid groups (broad SMARTS) is 1. The minimum absolute atomic E-state index is 0.212. The first-order chi connectivity index (χ1) is 9.00. The van der Waals surface area contributed by atoms with Crippen molar-refractivity contribution in [2.24, 2.45) is 0 Å². The van der Waals surface area contributed by atoms with Gasteiger partial charge in [-0.25, -0.2) is 0 Å². The Labute approximate surface area is 119 Å². The van der Waals surface area contributed by atoms with Crippen molar-refractivity contribution in [3.8, 4) is 0 Å². The van der Waals surface area contributed by atoms with Gasteiger partial charge in [0, 0.05) is 6.20 Å². The third-order valence-corrected chi connectivity index (χ3v) is 3.85. The predicted molar refractivity (Wildman–Crippen MR) is 73.7 cm³/mol. The zero-order valence-electron chi connectivity index (χ0n) is 9.90. The van der Waals surface area contributed by atoms with Crippen LogP contribution in [0.5, 0.6) is 0 Å². The van der Waals surface area contributed by atoms with Gasteiger partial charge >= 0.3 is 0 Å². The Morgan fingerprint density at radius 2 is 2.32 bits per heavy atom. The van der Waals surface area contributed by atoms with Gasteiger partial charge in [0.1, 0.15) is 4.32 Å². The van der Waals surface area contributed by atoms with E-state index in [1.165, 1.54) is 6.92 Å². The van der Waals surface area contributed by atoms with E-state index >= 15 is 0 Å². The Morgan fingerprint density at radius 3 is 2.89 bits per heavy atom. The molecule has 2 heterocycles. The van der Waals surface area contributed by atoms with Crippen molar-refractivity contribution < 1.29 is 14.7 Å². The average molecular weight is 293 g/mol. The van der Waals surface area contributed by atoms with Crippen LogP contribution in [-0.4, -0.2) is 32.1 Å². The second-order valence-electron chi connectivity index (χ2n) is 3.80. The van der Waals surface area contributed by atoms with Gasteiger partial charge in [0.05, 0.1) is 22.6 Å². The smallest absolute Gasteiger partial charge is 0.266 e. The summed E-state index contributed by atoms with van der Waals surface area (Å²) in [5.41, 5.74) is 0.615. The minimum Gasteiger partial charge on any atom is -0.548 e. The number of hydrogen-bond acceptors (Lipinski definition) is 6. The molecular formula is C12H9N2O3S2-. The van der Waals surface area contributed by atoms with Crippen LogP contribution in [0.4, 0.5) is 0 Å². The van der Waals surface area contributed by atoms with E-state index in [0.29, 0.717) is 10.6 Å². The van der Waals surface area contributed by atoms with Crippen LogP contribution in [0.15, 0.2) is 29.3 Å². The summed E-state index contributed by atoms with van der Waals surface area (Å²) in [6.07, 6.45) is 3.19. The molecule has 7 heteroatoms. The van der Waals surface area contributed by atoms with Crippen LogP contribution in [-0.2, 0) is 9.59 Å². The van der Waals surface area contributed by atoms with Crippen LogP contribution in [0, 0.1) is 0 Å². The molecule has 98 valence electrons. The van der Waals surface area contributed by atoms with Crippen molar-refractivity contribution in [2.75, 3.05) is 0 Å². The first-order valence-electron chi connectivity index (χ1n) is 5.39. The molecule has 0 N–H and O–H groups in total. The molecule has 1 unspecified atom stereocenters. The maximum Gasteiger partial charge on any atom is 0.266 e. The van der Waals surface area contributed by atoms with Crippen molar-refractivity contribution in [2.45, 2.75) is 13.0 Å². The number of amides is 1. The van der Waals surface area contributed by atoms with E-state index < -0.39 is 17.9 Å². The molecule has 1 fully saturated rings. The molecule has 1 atom stereocenters. The standard InChI is InChI=1S/C12H10N2O3S2/c1-7(11(16)17)14-10(15)9(19-12(14)18)6-8-4-2-3-5-13-8/h2-7H,1H3,(H,16,17)/p-1. The van der Waals surface area contributed by atoms with E-state index in [9.17, 15) is 14.7 Å². The molecule has 19 heavy (non-hydrogen) atoms. The summed E-state index contributed by atoms with van der Waals surface area (Å²) in [6.45, 7) is 1.36. The lowest BCUT2D eigenvalue weighted by atomic mass is 10.2. The van der Waals surface area contributed by atoms with Gasteiger partial charge in [-0.15, -0.1) is 0 Å². The Bertz CT molecular complexity index is 572. The molecule has 0 bridgehead atoms. The molecule has 2 rings (SSSR count). The Morgan fingerprint density at radius 1 is 1.58 bits per heavy atom. The number of nitrogens with zero attached hydrogens (tertiary/aromatic N) is 2. The van der Waals surface area contributed by atoms with Gasteiger partial charge in [0.25, 0.3) is 5.91 Å². The molecule has 1 aliphatic heterocycles. The molecule has 1 saturated heterocycles. The maximum absolute atomic E-state index is 12.1. The van der Waals surface area contributed by atoms with Crippen molar-refractivity contribution in [1.82, 2.24) is 9.88 Å². The number of thiocarbonyl (C=S) groups is 1. The zero-order chi connectivity index (χ0) is 14.0. The summed E-state index contributed by atoms with van der Waals surface area (Å²) in [4.78, 5) is 28.4. The lowest BCUT2D eigenvalue weighted by molar-refractivity contribution is -0.309. The minimum atomic E-state index is -1.34. The lowest BCUT2D eigenvalue weighted by Gasteiger charge is -2.23. The Balaban J connectivity index is 2.28. The second kappa shape index (κ2) is 5.50. The number of aliphatic carboxylic acids is 1. The van der Waals surface area contributed by atoms with Crippen molar-refractivity contribution >= 4 is 46.3 Å². The van der Waals surface area contributed by atoms with Crippen LogP contribution in [0.25, 0.3) is 6.08 Å². The molecular weight excluding hydrogens is 284 g/mol. The van der Waals surface area contributed by atoms with Gasteiger partial charge in [-0.2, -0.15) is 0 Å². The van der Waals surface area contributed by atoms with Gasteiger partial charge in [0.15, 0.2) is 0 Å². The highest BCUT2D eigenvalue weighted by molar-refractivity contribution is 8.26. The fourth-order valence-electron chi connectivity index (χ4n) is 1.51. The van der Waals surface area contributed by atoms with Gasteiger partial charge in [-0.1, -0.05) is 30.0 Å². The number of carboxylic acids is 1. The number of carbonyl (C=O) groups is 2. The first-order valence-corrected chi connectivity index (χ1v) is 6.62. The first kappa shape index (κ1) is 13.7. The molecule has 1 aliphatic rings. The van der Waals surface area contributed by atoms with Crippen molar-refractivity contribution in [3.63, 3.8) is 0 Å². The highest BCUT2D eigenvalue weighted by Gasteiger charge is 2.35. The molecule has 0 saturated carbocycles. The molecule has 0 radical (unpaired) electrons. The number of aromatic nitrogens is 1. The molecule has 0 spiro atoms. The number of rotatable bonds is 3. The van der Waals surface area contributed by atoms with Gasteiger partial charge in [0.2, 0.25) is 0 Å². The van der Waals surface area contributed by atoms with E-state index in [-0.39, 0.29) is 4.32 Å². The average Bonchev–Trinajstić information content (AvgIpc) is 2.65. The summed E-state index contributed by atoms with van der Waals surface area (Å²) in [7, 11) is 0.